The van der Waals surface area contributed by atoms with E-state index in [2.05, 4.69) is 4.98 Å². The van der Waals surface area contributed by atoms with Gasteiger partial charge in [0, 0.05) is 19.0 Å². The van der Waals surface area contributed by atoms with Gasteiger partial charge in [-0.2, -0.15) is 0 Å². The van der Waals surface area contributed by atoms with Gasteiger partial charge in [0.25, 0.3) is 0 Å². The predicted octanol–water partition coefficient (Wildman–Crippen LogP) is 0.366. The molecule has 0 bridgehead atoms. The van der Waals surface area contributed by atoms with Crippen molar-refractivity contribution in [1.29, 1.82) is 0 Å². The maximum atomic E-state index is 11.0. The van der Waals surface area contributed by atoms with Crippen LogP contribution in [0.4, 0.5) is 0 Å². The van der Waals surface area contributed by atoms with Crippen molar-refractivity contribution in [3.63, 3.8) is 0 Å². The van der Waals surface area contributed by atoms with Crippen molar-refractivity contribution in [2.75, 3.05) is 6.26 Å². The first-order chi connectivity index (χ1) is 5.54. The summed E-state index contributed by atoms with van der Waals surface area (Å²) in [4.78, 5) is 4.08. The lowest BCUT2D eigenvalue weighted by Crippen LogP contribution is -2.02. The fraction of sp³-hybridized carbons (Fsp3) is 0.286. The van der Waals surface area contributed by atoms with Crippen molar-refractivity contribution in [2.45, 2.75) is 11.4 Å². The van der Waals surface area contributed by atoms with Crippen molar-refractivity contribution in [2.24, 2.45) is 5.73 Å². The van der Waals surface area contributed by atoms with Gasteiger partial charge >= 0.3 is 0 Å². The van der Waals surface area contributed by atoms with Gasteiger partial charge < -0.3 is 5.73 Å². The molecule has 1 heterocycles. The van der Waals surface area contributed by atoms with E-state index in [1.807, 2.05) is 0 Å². The average Bonchev–Trinajstić information content (AvgIpc) is 2.03. The SMILES string of the molecule is CS(=O)(=O)c1ccc(CN)nc1.Cl. The van der Waals surface area contributed by atoms with E-state index in [0.29, 0.717) is 12.2 Å². The lowest BCUT2D eigenvalue weighted by atomic mass is 10.4. The molecule has 0 spiro atoms. The highest BCUT2D eigenvalue weighted by Gasteiger charge is 2.05. The van der Waals surface area contributed by atoms with E-state index in [1.165, 1.54) is 12.3 Å². The van der Waals surface area contributed by atoms with Gasteiger partial charge in [0.2, 0.25) is 0 Å². The van der Waals surface area contributed by atoms with E-state index in [1.54, 1.807) is 6.07 Å². The van der Waals surface area contributed by atoms with Gasteiger partial charge in [-0.15, -0.1) is 12.4 Å². The fourth-order valence-corrected chi connectivity index (χ4v) is 1.31. The van der Waals surface area contributed by atoms with Crippen LogP contribution in [0.5, 0.6) is 0 Å². The summed E-state index contributed by atoms with van der Waals surface area (Å²) in [5.74, 6) is 0. The molecule has 74 valence electrons. The predicted molar refractivity (Wildman–Crippen MR) is 52.5 cm³/mol. The van der Waals surface area contributed by atoms with Crippen LogP contribution in [0.3, 0.4) is 0 Å². The molecule has 1 aromatic heterocycles. The second-order valence-electron chi connectivity index (χ2n) is 2.46. The van der Waals surface area contributed by atoms with E-state index < -0.39 is 9.84 Å². The van der Waals surface area contributed by atoms with Crippen LogP contribution in [0, 0.1) is 0 Å². The van der Waals surface area contributed by atoms with Gasteiger partial charge in [-0.25, -0.2) is 8.42 Å². The van der Waals surface area contributed by atoms with Crippen LogP contribution in [-0.4, -0.2) is 19.7 Å². The molecule has 1 rings (SSSR count). The molecular weight excluding hydrogens is 212 g/mol. The standard InChI is InChI=1S/C7H10N2O2S.ClH/c1-12(10,11)7-3-2-6(4-8)9-5-7;/h2-3,5H,4,8H2,1H3;1H. The van der Waals surface area contributed by atoms with Gasteiger partial charge in [-0.3, -0.25) is 4.98 Å². The molecule has 0 amide bonds. The highest BCUT2D eigenvalue weighted by Crippen LogP contribution is 2.06. The maximum absolute atomic E-state index is 11.0. The molecule has 6 heteroatoms. The summed E-state index contributed by atoms with van der Waals surface area (Å²) < 4.78 is 21.9. The van der Waals surface area contributed by atoms with Crippen LogP contribution in [0.25, 0.3) is 0 Å². The molecule has 0 aliphatic heterocycles. The molecule has 0 aromatic carbocycles. The van der Waals surface area contributed by atoms with E-state index in [9.17, 15) is 8.42 Å². The Kier molecular flexibility index (Phi) is 4.32. The Labute approximate surface area is 83.5 Å². The first-order valence-corrected chi connectivity index (χ1v) is 5.28. The Bertz CT molecular complexity index is 361. The molecule has 0 fully saturated rings. The Hall–Kier alpha value is -0.650. The number of nitrogens with two attached hydrogens (primary N) is 1. The normalized spacial score (nSPS) is 10.6. The van der Waals surface area contributed by atoms with Crippen molar-refractivity contribution >= 4 is 22.2 Å². The van der Waals surface area contributed by atoms with E-state index in [4.69, 9.17) is 5.73 Å². The Morgan fingerprint density at radius 3 is 2.38 bits per heavy atom. The average molecular weight is 223 g/mol. The lowest BCUT2D eigenvalue weighted by molar-refractivity contribution is 0.601. The van der Waals surface area contributed by atoms with Crippen LogP contribution < -0.4 is 5.73 Å². The Morgan fingerprint density at radius 2 is 2.08 bits per heavy atom. The van der Waals surface area contributed by atoms with Crippen molar-refractivity contribution in [3.05, 3.63) is 24.0 Å². The summed E-state index contributed by atoms with van der Waals surface area (Å²) in [6, 6.07) is 3.11. The molecule has 0 unspecified atom stereocenters. The second kappa shape index (κ2) is 4.55. The quantitative estimate of drug-likeness (QED) is 0.785. The minimum Gasteiger partial charge on any atom is -0.325 e. The minimum atomic E-state index is -3.13. The molecule has 0 aliphatic carbocycles. The molecular formula is C7H11ClN2O2S. The zero-order chi connectivity index (χ0) is 9.19. The smallest absolute Gasteiger partial charge is 0.177 e. The van der Waals surface area contributed by atoms with Gasteiger partial charge in [0.05, 0.1) is 10.6 Å². The van der Waals surface area contributed by atoms with E-state index in [-0.39, 0.29) is 17.3 Å². The van der Waals surface area contributed by atoms with Crippen molar-refractivity contribution < 1.29 is 8.42 Å². The molecule has 13 heavy (non-hydrogen) atoms. The summed E-state index contributed by atoms with van der Waals surface area (Å²) >= 11 is 0. The topological polar surface area (TPSA) is 73.0 Å². The summed E-state index contributed by atoms with van der Waals surface area (Å²) in [6.45, 7) is 0.323. The first kappa shape index (κ1) is 12.3. The number of halogens is 1. The van der Waals surface area contributed by atoms with Gasteiger partial charge in [0.15, 0.2) is 9.84 Å². The summed E-state index contributed by atoms with van der Waals surface area (Å²) in [6.07, 6.45) is 2.46. The maximum Gasteiger partial charge on any atom is 0.177 e. The third-order valence-electron chi connectivity index (χ3n) is 1.43. The molecule has 0 aliphatic rings. The Balaban J connectivity index is 0.00000144. The molecule has 0 saturated heterocycles. The zero-order valence-corrected chi connectivity index (χ0v) is 8.73. The number of nitrogens with zero attached hydrogens (tertiary/aromatic N) is 1. The molecule has 0 radical (unpaired) electrons. The van der Waals surface area contributed by atoms with Gasteiger partial charge in [-0.1, -0.05) is 0 Å². The molecule has 1 aromatic rings. The number of aromatic nitrogens is 1. The number of hydrogen-bond donors (Lipinski definition) is 1. The van der Waals surface area contributed by atoms with E-state index in [0.717, 1.165) is 6.26 Å². The number of sulfone groups is 1. The number of hydrogen-bond acceptors (Lipinski definition) is 4. The minimum absolute atomic E-state index is 0. The van der Waals surface area contributed by atoms with Gasteiger partial charge in [0.1, 0.15) is 0 Å². The fourth-order valence-electron chi connectivity index (χ4n) is 0.751. The highest BCUT2D eigenvalue weighted by atomic mass is 35.5. The largest absolute Gasteiger partial charge is 0.325 e. The van der Waals surface area contributed by atoms with Crippen LogP contribution in [0.15, 0.2) is 23.2 Å². The third-order valence-corrected chi connectivity index (χ3v) is 2.53. The van der Waals surface area contributed by atoms with Crippen LogP contribution in [-0.2, 0) is 16.4 Å². The molecule has 4 nitrogen and oxygen atoms in total. The molecule has 0 saturated carbocycles. The first-order valence-electron chi connectivity index (χ1n) is 3.39. The number of pyridine rings is 1. The number of rotatable bonds is 2. The summed E-state index contributed by atoms with van der Waals surface area (Å²) in [5.41, 5.74) is 5.98. The highest BCUT2D eigenvalue weighted by molar-refractivity contribution is 7.90. The van der Waals surface area contributed by atoms with Crippen LogP contribution in [0.1, 0.15) is 5.69 Å². The summed E-state index contributed by atoms with van der Waals surface area (Å²) in [7, 11) is -3.13. The second-order valence-corrected chi connectivity index (χ2v) is 4.48. The van der Waals surface area contributed by atoms with Crippen molar-refractivity contribution in [1.82, 2.24) is 4.98 Å². The Morgan fingerprint density at radius 1 is 1.46 bits per heavy atom. The lowest BCUT2D eigenvalue weighted by Gasteiger charge is -1.98. The van der Waals surface area contributed by atoms with Crippen LogP contribution >= 0.6 is 12.4 Å². The monoisotopic (exact) mass is 222 g/mol. The van der Waals surface area contributed by atoms with Crippen molar-refractivity contribution in [3.8, 4) is 0 Å². The third kappa shape index (κ3) is 3.30. The zero-order valence-electron chi connectivity index (χ0n) is 7.10. The van der Waals surface area contributed by atoms with Gasteiger partial charge in [-0.05, 0) is 12.1 Å². The van der Waals surface area contributed by atoms with Crippen LogP contribution in [0.2, 0.25) is 0 Å². The van der Waals surface area contributed by atoms with E-state index >= 15 is 0 Å². The molecule has 2 N–H and O–H groups in total. The summed E-state index contributed by atoms with van der Waals surface area (Å²) in [5, 5.41) is 0. The molecule has 0 atom stereocenters.